The fourth-order valence-corrected chi connectivity index (χ4v) is 2.36. The van der Waals surface area contributed by atoms with E-state index in [0.717, 1.165) is 18.4 Å². The average Bonchev–Trinajstić information content (AvgIpc) is 2.34. The minimum absolute atomic E-state index is 0.315. The molecule has 0 saturated carbocycles. The van der Waals surface area contributed by atoms with Crippen molar-refractivity contribution < 1.29 is 4.84 Å². The van der Waals surface area contributed by atoms with Gasteiger partial charge in [-0.3, -0.25) is 0 Å². The van der Waals surface area contributed by atoms with Gasteiger partial charge in [0.05, 0.1) is 5.71 Å². The summed E-state index contributed by atoms with van der Waals surface area (Å²) in [5.41, 5.74) is 1.10. The Balaban J connectivity index is 2.26. The first kappa shape index (κ1) is 13.0. The van der Waals surface area contributed by atoms with E-state index in [4.69, 9.17) is 4.84 Å². The van der Waals surface area contributed by atoms with Gasteiger partial charge in [0.1, 0.15) is 15.7 Å². The molecular formula is C13H21NOSi. The number of benzene rings is 1. The predicted octanol–water partition coefficient (Wildman–Crippen LogP) is 1.88. The maximum Gasteiger partial charge on any atom is 0.103 e. The molecule has 0 radical (unpaired) electrons. The maximum atomic E-state index is 5.37. The Morgan fingerprint density at radius 2 is 2.06 bits per heavy atom. The molecule has 1 aromatic carbocycles. The Kier molecular flexibility index (Phi) is 5.86. The Bertz CT molecular complexity index is 324. The summed E-state index contributed by atoms with van der Waals surface area (Å²) < 4.78 is 0. The normalized spacial score (nSPS) is 14.3. The van der Waals surface area contributed by atoms with Crippen molar-refractivity contribution in [2.24, 2.45) is 11.1 Å². The van der Waals surface area contributed by atoms with Gasteiger partial charge in [0.25, 0.3) is 0 Å². The topological polar surface area (TPSA) is 21.6 Å². The zero-order valence-corrected chi connectivity index (χ0v) is 11.9. The molecule has 16 heavy (non-hydrogen) atoms. The lowest BCUT2D eigenvalue weighted by Gasteiger charge is -2.07. The van der Waals surface area contributed by atoms with Crippen molar-refractivity contribution in [1.29, 1.82) is 0 Å². The highest BCUT2D eigenvalue weighted by molar-refractivity contribution is 6.53. The number of hydrogen-bond acceptors (Lipinski definition) is 2. The second-order valence-electron chi connectivity index (χ2n) is 4.11. The van der Waals surface area contributed by atoms with Gasteiger partial charge in [-0.1, -0.05) is 54.5 Å². The number of nitrogens with zero attached hydrogens (tertiary/aromatic N) is 1. The second-order valence-corrected chi connectivity index (χ2v) is 5.84. The molecule has 0 amide bonds. The van der Waals surface area contributed by atoms with E-state index in [9.17, 15) is 0 Å². The van der Waals surface area contributed by atoms with Gasteiger partial charge in [-0.15, -0.1) is 0 Å². The molecule has 2 nitrogen and oxygen atoms in total. The lowest BCUT2D eigenvalue weighted by Crippen LogP contribution is -2.18. The lowest BCUT2D eigenvalue weighted by atomic mass is 10.1. The minimum atomic E-state index is -0.315. The van der Waals surface area contributed by atoms with E-state index < -0.39 is 0 Å². The van der Waals surface area contributed by atoms with Crippen molar-refractivity contribution in [3.05, 3.63) is 30.3 Å². The molecule has 1 atom stereocenters. The van der Waals surface area contributed by atoms with Crippen molar-refractivity contribution in [1.82, 2.24) is 0 Å². The van der Waals surface area contributed by atoms with Crippen LogP contribution in [0.4, 0.5) is 0 Å². The van der Waals surface area contributed by atoms with Gasteiger partial charge in [-0.2, -0.15) is 0 Å². The van der Waals surface area contributed by atoms with Crippen molar-refractivity contribution in [2.45, 2.75) is 27.2 Å². The van der Waals surface area contributed by atoms with Gasteiger partial charge in [0, 0.05) is 0 Å². The van der Waals surface area contributed by atoms with Crippen LogP contribution in [0.3, 0.4) is 0 Å². The maximum absolute atomic E-state index is 5.37. The van der Waals surface area contributed by atoms with Crippen LogP contribution in [0.5, 0.6) is 0 Å². The summed E-state index contributed by atoms with van der Waals surface area (Å²) >= 11 is 0. The predicted molar refractivity (Wildman–Crippen MR) is 73.1 cm³/mol. The standard InChI is InChI=1S/C13H21NOSi/c1-4-11(2)12(3)14-15-10-16-13-8-6-5-7-9-13/h5-9,11H,4,10,16H2,1-3H3. The summed E-state index contributed by atoms with van der Waals surface area (Å²) in [5, 5.41) is 5.59. The van der Waals surface area contributed by atoms with Gasteiger partial charge in [-0.05, 0) is 19.3 Å². The van der Waals surface area contributed by atoms with E-state index in [1.165, 1.54) is 5.19 Å². The largest absolute Gasteiger partial charge is 0.400 e. The van der Waals surface area contributed by atoms with Gasteiger partial charge in [0.15, 0.2) is 0 Å². The minimum Gasteiger partial charge on any atom is -0.400 e. The Morgan fingerprint density at radius 3 is 2.69 bits per heavy atom. The molecule has 0 spiro atoms. The van der Waals surface area contributed by atoms with Gasteiger partial charge >= 0.3 is 0 Å². The molecule has 0 heterocycles. The van der Waals surface area contributed by atoms with Gasteiger partial charge in [0.2, 0.25) is 0 Å². The van der Waals surface area contributed by atoms with Crippen molar-refractivity contribution in [2.75, 3.05) is 6.23 Å². The molecule has 88 valence electrons. The zero-order valence-electron chi connectivity index (χ0n) is 10.4. The molecule has 1 unspecified atom stereocenters. The van der Waals surface area contributed by atoms with Crippen LogP contribution in [0.1, 0.15) is 27.2 Å². The average molecular weight is 235 g/mol. The third kappa shape index (κ3) is 4.62. The Hall–Kier alpha value is -1.09. The monoisotopic (exact) mass is 235 g/mol. The number of hydrogen-bond donors (Lipinski definition) is 0. The summed E-state index contributed by atoms with van der Waals surface area (Å²) in [6, 6.07) is 10.5. The molecule has 0 saturated heterocycles. The highest BCUT2D eigenvalue weighted by Gasteiger charge is 2.02. The first-order chi connectivity index (χ1) is 7.74. The van der Waals surface area contributed by atoms with E-state index in [0.29, 0.717) is 5.92 Å². The molecule has 0 aliphatic rings. The Labute approximate surface area is 101 Å². The van der Waals surface area contributed by atoms with Crippen molar-refractivity contribution in [3.63, 3.8) is 0 Å². The highest BCUT2D eigenvalue weighted by atomic mass is 28.2. The fraction of sp³-hybridized carbons (Fsp3) is 0.462. The molecule has 0 fully saturated rings. The van der Waals surface area contributed by atoms with Crippen LogP contribution in [0, 0.1) is 5.92 Å². The molecule has 1 aromatic rings. The Morgan fingerprint density at radius 1 is 1.38 bits per heavy atom. The van der Waals surface area contributed by atoms with E-state index >= 15 is 0 Å². The summed E-state index contributed by atoms with van der Waals surface area (Å²) in [6.07, 6.45) is 1.91. The van der Waals surface area contributed by atoms with E-state index in [1.807, 2.05) is 13.0 Å². The quantitative estimate of drug-likeness (QED) is 0.319. The van der Waals surface area contributed by atoms with Crippen LogP contribution in [-0.2, 0) is 4.84 Å². The third-order valence-corrected chi connectivity index (χ3v) is 4.29. The molecule has 1 rings (SSSR count). The SMILES string of the molecule is CCC(C)C(C)=NOC[SiH2]c1ccccc1. The van der Waals surface area contributed by atoms with Gasteiger partial charge in [-0.25, -0.2) is 0 Å². The summed E-state index contributed by atoms with van der Waals surface area (Å²) in [4.78, 5) is 5.37. The first-order valence-electron chi connectivity index (χ1n) is 5.94. The molecule has 0 N–H and O–H groups in total. The molecule has 0 bridgehead atoms. The molecule has 0 aromatic heterocycles. The van der Waals surface area contributed by atoms with E-state index in [-0.39, 0.29) is 9.52 Å². The van der Waals surface area contributed by atoms with E-state index in [2.05, 4.69) is 43.3 Å². The van der Waals surface area contributed by atoms with Crippen LogP contribution in [0.25, 0.3) is 0 Å². The highest BCUT2D eigenvalue weighted by Crippen LogP contribution is 2.03. The van der Waals surface area contributed by atoms with E-state index in [1.54, 1.807) is 0 Å². The van der Waals surface area contributed by atoms with Gasteiger partial charge < -0.3 is 4.84 Å². The van der Waals surface area contributed by atoms with Crippen LogP contribution in [0.15, 0.2) is 35.5 Å². The second kappa shape index (κ2) is 7.22. The molecule has 0 aliphatic carbocycles. The lowest BCUT2D eigenvalue weighted by molar-refractivity contribution is 0.189. The third-order valence-electron chi connectivity index (χ3n) is 2.86. The summed E-state index contributed by atoms with van der Waals surface area (Å²) in [6.45, 7) is 6.39. The zero-order chi connectivity index (χ0) is 11.8. The number of rotatable bonds is 6. The van der Waals surface area contributed by atoms with Crippen LogP contribution < -0.4 is 5.19 Å². The molecular weight excluding hydrogens is 214 g/mol. The summed E-state index contributed by atoms with van der Waals surface area (Å²) in [5.74, 6) is 0.526. The smallest absolute Gasteiger partial charge is 0.103 e. The fourth-order valence-electron chi connectivity index (χ4n) is 1.34. The van der Waals surface area contributed by atoms with Crippen LogP contribution in [-0.4, -0.2) is 21.5 Å². The number of oxime groups is 1. The van der Waals surface area contributed by atoms with Crippen LogP contribution in [0.2, 0.25) is 0 Å². The van der Waals surface area contributed by atoms with Crippen LogP contribution >= 0.6 is 0 Å². The molecule has 0 aliphatic heterocycles. The van der Waals surface area contributed by atoms with Crippen molar-refractivity contribution in [3.8, 4) is 0 Å². The molecule has 3 heteroatoms. The van der Waals surface area contributed by atoms with Crippen molar-refractivity contribution >= 4 is 20.4 Å². The summed E-state index contributed by atoms with van der Waals surface area (Å²) in [7, 11) is -0.315. The first-order valence-corrected chi connectivity index (χ1v) is 7.65.